The molecule has 1 aromatic rings. The van der Waals surface area contributed by atoms with Crippen molar-refractivity contribution in [1.82, 2.24) is 4.90 Å². The first-order valence-electron chi connectivity index (χ1n) is 8.39. The zero-order chi connectivity index (χ0) is 16.7. The molecule has 0 bridgehead atoms. The summed E-state index contributed by atoms with van der Waals surface area (Å²) in [7, 11) is 0. The SMILES string of the molecule is CC(=O)N(CCC(=O)Nc1ccccc1F)C1CCCCCC1. The molecule has 1 aromatic carbocycles. The van der Waals surface area contributed by atoms with Gasteiger partial charge in [0.1, 0.15) is 5.82 Å². The average molecular weight is 320 g/mol. The molecule has 4 nitrogen and oxygen atoms in total. The van der Waals surface area contributed by atoms with Crippen LogP contribution in [0.2, 0.25) is 0 Å². The first-order valence-corrected chi connectivity index (χ1v) is 8.39. The van der Waals surface area contributed by atoms with Crippen LogP contribution in [-0.2, 0) is 9.59 Å². The van der Waals surface area contributed by atoms with Crippen molar-refractivity contribution >= 4 is 17.5 Å². The lowest BCUT2D eigenvalue weighted by Crippen LogP contribution is -2.40. The third-order valence-corrected chi connectivity index (χ3v) is 4.40. The summed E-state index contributed by atoms with van der Waals surface area (Å²) in [5.41, 5.74) is 0.182. The molecule has 2 amide bonds. The maximum Gasteiger partial charge on any atom is 0.226 e. The summed E-state index contributed by atoms with van der Waals surface area (Å²) < 4.78 is 13.5. The number of para-hydroxylation sites is 1. The van der Waals surface area contributed by atoms with Gasteiger partial charge in [-0.05, 0) is 25.0 Å². The molecule has 1 N–H and O–H groups in total. The number of halogens is 1. The van der Waals surface area contributed by atoms with Gasteiger partial charge in [0.05, 0.1) is 5.69 Å². The van der Waals surface area contributed by atoms with Crippen molar-refractivity contribution < 1.29 is 14.0 Å². The van der Waals surface area contributed by atoms with Crippen molar-refractivity contribution in [2.75, 3.05) is 11.9 Å². The summed E-state index contributed by atoms with van der Waals surface area (Å²) in [5, 5.41) is 2.57. The van der Waals surface area contributed by atoms with Crippen LogP contribution in [0.25, 0.3) is 0 Å². The quantitative estimate of drug-likeness (QED) is 0.841. The Morgan fingerprint density at radius 2 is 1.83 bits per heavy atom. The zero-order valence-corrected chi connectivity index (χ0v) is 13.7. The van der Waals surface area contributed by atoms with Crippen LogP contribution >= 0.6 is 0 Å². The summed E-state index contributed by atoms with van der Waals surface area (Å²) in [6, 6.07) is 6.32. The number of hydrogen-bond donors (Lipinski definition) is 1. The van der Waals surface area contributed by atoms with Crippen LogP contribution < -0.4 is 5.32 Å². The minimum Gasteiger partial charge on any atom is -0.339 e. The Hall–Kier alpha value is -1.91. The van der Waals surface area contributed by atoms with E-state index in [4.69, 9.17) is 0 Å². The zero-order valence-electron chi connectivity index (χ0n) is 13.7. The number of amides is 2. The summed E-state index contributed by atoms with van der Waals surface area (Å²) >= 11 is 0. The number of rotatable bonds is 5. The highest BCUT2D eigenvalue weighted by Crippen LogP contribution is 2.22. The van der Waals surface area contributed by atoms with E-state index in [1.165, 1.54) is 25.0 Å². The molecular formula is C18H25FN2O2. The van der Waals surface area contributed by atoms with Gasteiger partial charge in [-0.3, -0.25) is 9.59 Å². The number of nitrogens with zero attached hydrogens (tertiary/aromatic N) is 1. The van der Waals surface area contributed by atoms with E-state index in [2.05, 4.69) is 5.32 Å². The van der Waals surface area contributed by atoms with Gasteiger partial charge in [0.2, 0.25) is 11.8 Å². The topological polar surface area (TPSA) is 49.4 Å². The molecule has 1 saturated carbocycles. The molecule has 5 heteroatoms. The van der Waals surface area contributed by atoms with E-state index in [1.807, 2.05) is 4.90 Å². The van der Waals surface area contributed by atoms with Gasteiger partial charge in [-0.1, -0.05) is 37.8 Å². The molecule has 0 unspecified atom stereocenters. The van der Waals surface area contributed by atoms with Crippen molar-refractivity contribution in [3.8, 4) is 0 Å². The van der Waals surface area contributed by atoms with Crippen molar-refractivity contribution in [2.45, 2.75) is 57.9 Å². The second-order valence-corrected chi connectivity index (χ2v) is 6.14. The maximum absolute atomic E-state index is 13.5. The minimum atomic E-state index is -0.451. The fraction of sp³-hybridized carbons (Fsp3) is 0.556. The van der Waals surface area contributed by atoms with Crippen LogP contribution in [0.15, 0.2) is 24.3 Å². The van der Waals surface area contributed by atoms with Gasteiger partial charge in [-0.2, -0.15) is 0 Å². The summed E-state index contributed by atoms with van der Waals surface area (Å²) in [4.78, 5) is 25.8. The molecule has 23 heavy (non-hydrogen) atoms. The molecule has 1 aliphatic rings. The van der Waals surface area contributed by atoms with Crippen molar-refractivity contribution in [3.63, 3.8) is 0 Å². The van der Waals surface area contributed by atoms with Crippen LogP contribution in [-0.4, -0.2) is 29.3 Å². The monoisotopic (exact) mass is 320 g/mol. The van der Waals surface area contributed by atoms with Crippen LogP contribution in [0.5, 0.6) is 0 Å². The molecule has 0 radical (unpaired) electrons. The molecule has 0 spiro atoms. The van der Waals surface area contributed by atoms with Gasteiger partial charge in [-0.15, -0.1) is 0 Å². The van der Waals surface area contributed by atoms with Gasteiger partial charge in [0.25, 0.3) is 0 Å². The van der Waals surface area contributed by atoms with E-state index in [0.29, 0.717) is 6.54 Å². The van der Waals surface area contributed by atoms with Crippen molar-refractivity contribution in [2.24, 2.45) is 0 Å². The summed E-state index contributed by atoms with van der Waals surface area (Å²) in [5.74, 6) is -0.710. The molecule has 1 fully saturated rings. The number of anilines is 1. The Balaban J connectivity index is 1.89. The number of carbonyl (C=O) groups excluding carboxylic acids is 2. The maximum atomic E-state index is 13.5. The largest absolute Gasteiger partial charge is 0.339 e. The Kier molecular flexibility index (Phi) is 6.56. The molecule has 0 saturated heterocycles. The third-order valence-electron chi connectivity index (χ3n) is 4.40. The Morgan fingerprint density at radius 1 is 1.17 bits per heavy atom. The molecule has 1 aliphatic carbocycles. The van der Waals surface area contributed by atoms with Gasteiger partial charge >= 0.3 is 0 Å². The molecule has 0 heterocycles. The Bertz CT molecular complexity index is 540. The fourth-order valence-electron chi connectivity index (χ4n) is 3.16. The Morgan fingerprint density at radius 3 is 2.43 bits per heavy atom. The van der Waals surface area contributed by atoms with E-state index < -0.39 is 5.82 Å². The van der Waals surface area contributed by atoms with E-state index >= 15 is 0 Å². The lowest BCUT2D eigenvalue weighted by atomic mass is 10.1. The third kappa shape index (κ3) is 5.34. The number of hydrogen-bond acceptors (Lipinski definition) is 2. The predicted molar refractivity (Wildman–Crippen MR) is 88.5 cm³/mol. The second kappa shape index (κ2) is 8.65. The normalized spacial score (nSPS) is 15.7. The van der Waals surface area contributed by atoms with Crippen LogP contribution in [0, 0.1) is 5.82 Å². The predicted octanol–water partition coefficient (Wildman–Crippen LogP) is 3.73. The van der Waals surface area contributed by atoms with Gasteiger partial charge < -0.3 is 10.2 Å². The van der Waals surface area contributed by atoms with E-state index in [0.717, 1.165) is 25.7 Å². The van der Waals surface area contributed by atoms with E-state index in [1.54, 1.807) is 19.1 Å². The minimum absolute atomic E-state index is 0.00981. The number of carbonyl (C=O) groups is 2. The second-order valence-electron chi connectivity index (χ2n) is 6.14. The summed E-state index contributed by atoms with van der Waals surface area (Å²) in [6.07, 6.45) is 6.91. The Labute approximate surface area is 137 Å². The molecular weight excluding hydrogens is 295 g/mol. The molecule has 126 valence electrons. The fourth-order valence-corrected chi connectivity index (χ4v) is 3.16. The molecule has 0 aliphatic heterocycles. The van der Waals surface area contributed by atoms with Crippen molar-refractivity contribution in [1.29, 1.82) is 0 Å². The molecule has 0 aromatic heterocycles. The first kappa shape index (κ1) is 17.4. The number of benzene rings is 1. The van der Waals surface area contributed by atoms with Gasteiger partial charge in [0.15, 0.2) is 0 Å². The first-order chi connectivity index (χ1) is 11.1. The highest BCUT2D eigenvalue weighted by molar-refractivity contribution is 5.91. The van der Waals surface area contributed by atoms with Crippen molar-refractivity contribution in [3.05, 3.63) is 30.1 Å². The standard InChI is InChI=1S/C18H25FN2O2/c1-14(22)21(15-8-4-2-3-5-9-15)13-12-18(23)20-17-11-7-6-10-16(17)19/h6-7,10-11,15H,2-5,8-9,12-13H2,1H3,(H,20,23). The highest BCUT2D eigenvalue weighted by Gasteiger charge is 2.22. The van der Waals surface area contributed by atoms with Gasteiger partial charge in [-0.25, -0.2) is 4.39 Å². The number of nitrogens with one attached hydrogen (secondary N) is 1. The summed E-state index contributed by atoms with van der Waals surface area (Å²) in [6.45, 7) is 1.94. The van der Waals surface area contributed by atoms with Gasteiger partial charge in [0, 0.05) is 25.9 Å². The average Bonchev–Trinajstić information content (AvgIpc) is 2.79. The highest BCUT2D eigenvalue weighted by atomic mass is 19.1. The van der Waals surface area contributed by atoms with Crippen LogP contribution in [0.1, 0.15) is 51.9 Å². The van der Waals surface area contributed by atoms with Crippen LogP contribution in [0.3, 0.4) is 0 Å². The van der Waals surface area contributed by atoms with E-state index in [-0.39, 0.29) is 30.0 Å². The smallest absolute Gasteiger partial charge is 0.226 e. The lowest BCUT2D eigenvalue weighted by Gasteiger charge is -2.30. The molecule has 0 atom stereocenters. The molecule has 2 rings (SSSR count). The van der Waals surface area contributed by atoms with Crippen LogP contribution in [0.4, 0.5) is 10.1 Å². The van der Waals surface area contributed by atoms with E-state index in [9.17, 15) is 14.0 Å². The lowest BCUT2D eigenvalue weighted by molar-refractivity contribution is -0.131.